The zero-order valence-corrected chi connectivity index (χ0v) is 51.0. The number of hydrogen-bond acceptors (Lipinski definition) is 11. The summed E-state index contributed by atoms with van der Waals surface area (Å²) < 4.78 is 17.3. The Morgan fingerprint density at radius 3 is 1.96 bits per heavy atom. The highest BCUT2D eigenvalue weighted by Gasteiger charge is 2.29. The predicted molar refractivity (Wildman–Crippen MR) is 343 cm³/mol. The van der Waals surface area contributed by atoms with Gasteiger partial charge in [0.05, 0.1) is 20.3 Å². The number of nitrogens with zero attached hydrogens (tertiary/aromatic N) is 2. The van der Waals surface area contributed by atoms with Crippen molar-refractivity contribution in [1.29, 1.82) is 0 Å². The number of benzene rings is 4. The molecule has 1 saturated heterocycles. The van der Waals surface area contributed by atoms with Crippen LogP contribution in [-0.2, 0) is 11.2 Å². The summed E-state index contributed by atoms with van der Waals surface area (Å²) in [6.07, 6.45) is 22.2. The number of allylic oxidation sites excluding steroid dienone is 10. The van der Waals surface area contributed by atoms with E-state index >= 15 is 0 Å². The van der Waals surface area contributed by atoms with E-state index in [9.17, 15) is 14.7 Å². The number of nitrogens with one attached hydrogen (secondary N) is 2. The number of methoxy groups -OCH3 is 2. The van der Waals surface area contributed by atoms with E-state index in [1.54, 1.807) is 61.7 Å². The number of piperidine rings is 1. The van der Waals surface area contributed by atoms with Crippen LogP contribution in [0.1, 0.15) is 109 Å². The maximum Gasteiger partial charge on any atom is 0.251 e. The standard InChI is InChI=1S/C47H58N4O6S.2C10H14S/c1-50(2)29-30-57-41-32-36-11-6-7-14-42(36)58-43-20-19-37(31-39(41)43)47(54)49-25-9-5-8-24-48-46(53)35-17-15-33(16-18-35)21-26-51-27-22-34(23-28-51)44(52)38-12-10-13-40(55-3)45(38)56-4;2*1-5-7-9(3)11-10(4)8-6-2/h6-7,10-20,31-32,34,44,52H,5,8-9,21-30H2,1-4H3,(H,48,53)(H,49,54);2*5-8H,1,4H2,2-3H3/b;2*8-6-,9-7+. The molecule has 0 radical (unpaired) electrons. The van der Waals surface area contributed by atoms with Gasteiger partial charge in [-0.15, -0.1) is 0 Å². The Morgan fingerprint density at radius 1 is 0.787 bits per heavy atom. The third-order valence-electron chi connectivity index (χ3n) is 12.9. The van der Waals surface area contributed by atoms with Crippen molar-refractivity contribution in [1.82, 2.24) is 20.4 Å². The quantitative estimate of drug-likeness (QED) is 0.0392. The van der Waals surface area contributed by atoms with Crippen LogP contribution in [0, 0.1) is 5.92 Å². The molecule has 6 rings (SSSR count). The van der Waals surface area contributed by atoms with Crippen LogP contribution in [-0.4, -0.2) is 101 Å². The number of ether oxygens (including phenoxy) is 3. The Bertz CT molecular complexity index is 2760. The largest absolute Gasteiger partial charge is 0.493 e. The second-order valence-corrected chi connectivity index (χ2v) is 23.2. The van der Waals surface area contributed by atoms with E-state index in [0.717, 1.165) is 107 Å². The maximum absolute atomic E-state index is 13.2. The lowest BCUT2D eigenvalue weighted by Crippen LogP contribution is -2.36. The maximum atomic E-state index is 13.2. The highest BCUT2D eigenvalue weighted by molar-refractivity contribution is 8.07. The number of fused-ring (bicyclic) bond motifs is 2. The van der Waals surface area contributed by atoms with E-state index in [0.29, 0.717) is 42.3 Å². The van der Waals surface area contributed by atoms with Crippen molar-refractivity contribution >= 4 is 58.9 Å². The van der Waals surface area contributed by atoms with Crippen molar-refractivity contribution in [2.24, 2.45) is 5.92 Å². The lowest BCUT2D eigenvalue weighted by atomic mass is 9.87. The molecule has 2 heterocycles. The van der Waals surface area contributed by atoms with Crippen LogP contribution in [0.4, 0.5) is 0 Å². The van der Waals surface area contributed by atoms with Crippen molar-refractivity contribution in [2.45, 2.75) is 82.1 Å². The number of aliphatic hydroxyl groups excluding tert-OH is 1. The zero-order chi connectivity index (χ0) is 58.2. The Hall–Kier alpha value is -6.19. The average molecular weight is 1140 g/mol. The summed E-state index contributed by atoms with van der Waals surface area (Å²) in [6.45, 7) is 28.3. The average Bonchev–Trinajstić information content (AvgIpc) is 3.66. The van der Waals surface area contributed by atoms with Gasteiger partial charge in [0, 0.05) is 68.0 Å². The number of aliphatic hydroxyl groups is 1. The molecular weight excluding hydrogens is 1050 g/mol. The lowest BCUT2D eigenvalue weighted by Gasteiger charge is -2.34. The van der Waals surface area contributed by atoms with Gasteiger partial charge in [0.15, 0.2) is 11.5 Å². The second-order valence-electron chi connectivity index (χ2n) is 19.4. The SMILES string of the molecule is C=C/C=C(\C)SC(=C)/C=C\C.C=C/C=C(\C)SC(=C)/C=C\C.COc1cccc(C(O)C2CCN(CCc3ccc(C(=O)NCCCCCNC(=O)c4ccc5c(c4)C(OCCN(C)C)=Cc4ccccc4S5)cc3)CC2)c1OC. The molecule has 3 N–H and O–H groups in total. The molecule has 10 nitrogen and oxygen atoms in total. The number of amides is 2. The molecule has 13 heteroatoms. The van der Waals surface area contributed by atoms with Gasteiger partial charge in [0.1, 0.15) is 12.4 Å². The van der Waals surface area contributed by atoms with Gasteiger partial charge in [-0.05, 0) is 169 Å². The fraction of sp³-hybridized carbons (Fsp3) is 0.343. The molecule has 4 aromatic carbocycles. The summed E-state index contributed by atoms with van der Waals surface area (Å²) in [5.74, 6) is 2.00. The van der Waals surface area contributed by atoms with Crippen LogP contribution in [0.2, 0.25) is 0 Å². The third kappa shape index (κ3) is 23.1. The summed E-state index contributed by atoms with van der Waals surface area (Å²) in [4.78, 5) is 37.3. The number of hydrogen-bond donors (Lipinski definition) is 3. The molecule has 0 saturated carbocycles. The number of carbonyl (C=O) groups is 2. The van der Waals surface area contributed by atoms with Gasteiger partial charge >= 0.3 is 0 Å². The molecule has 2 amide bonds. The van der Waals surface area contributed by atoms with E-state index in [-0.39, 0.29) is 17.7 Å². The second kappa shape index (κ2) is 36.9. The van der Waals surface area contributed by atoms with E-state index in [1.165, 1.54) is 15.4 Å². The first kappa shape index (κ1) is 66.3. The minimum atomic E-state index is -0.597. The van der Waals surface area contributed by atoms with E-state index in [2.05, 4.69) is 65.0 Å². The molecule has 428 valence electrons. The molecular formula is C67H86N4O6S3. The van der Waals surface area contributed by atoms with Gasteiger partial charge < -0.3 is 39.8 Å². The Balaban J connectivity index is 0.000000523. The van der Waals surface area contributed by atoms with Crippen molar-refractivity contribution in [3.8, 4) is 11.5 Å². The summed E-state index contributed by atoms with van der Waals surface area (Å²) in [7, 11) is 7.26. The monoisotopic (exact) mass is 1140 g/mol. The molecule has 1 fully saturated rings. The molecule has 2 aliphatic heterocycles. The van der Waals surface area contributed by atoms with Crippen molar-refractivity contribution in [3.63, 3.8) is 0 Å². The van der Waals surface area contributed by atoms with Gasteiger partial charge in [0.2, 0.25) is 0 Å². The van der Waals surface area contributed by atoms with Crippen LogP contribution in [0.15, 0.2) is 189 Å². The molecule has 0 bridgehead atoms. The number of likely N-dealkylation sites (tertiary alicyclic amines) is 1. The highest BCUT2D eigenvalue weighted by atomic mass is 32.2. The minimum Gasteiger partial charge on any atom is -0.493 e. The molecule has 4 aromatic rings. The van der Waals surface area contributed by atoms with E-state index in [1.807, 2.05) is 151 Å². The number of para-hydroxylation sites is 1. The molecule has 80 heavy (non-hydrogen) atoms. The third-order valence-corrected chi connectivity index (χ3v) is 15.8. The highest BCUT2D eigenvalue weighted by Crippen LogP contribution is 2.42. The normalized spacial score (nSPS) is 14.0. The first-order valence-corrected chi connectivity index (χ1v) is 29.8. The van der Waals surface area contributed by atoms with Crippen LogP contribution in [0.3, 0.4) is 0 Å². The summed E-state index contributed by atoms with van der Waals surface area (Å²) >= 11 is 5.00. The molecule has 0 aliphatic carbocycles. The molecule has 1 unspecified atom stereocenters. The number of likely N-dealkylation sites (N-methyl/N-ethyl adjacent to an activating group) is 1. The van der Waals surface area contributed by atoms with E-state index < -0.39 is 6.10 Å². The minimum absolute atomic E-state index is 0.0725. The first-order chi connectivity index (χ1) is 38.6. The zero-order valence-electron chi connectivity index (χ0n) is 48.6. The van der Waals surface area contributed by atoms with Crippen molar-refractivity contribution in [3.05, 3.63) is 213 Å². The van der Waals surface area contributed by atoms with Crippen molar-refractivity contribution < 1.29 is 28.9 Å². The molecule has 0 spiro atoms. The van der Waals surface area contributed by atoms with Gasteiger partial charge in [-0.25, -0.2) is 0 Å². The number of rotatable bonds is 27. The number of carbonyl (C=O) groups excluding carboxylic acids is 2. The van der Waals surface area contributed by atoms with Gasteiger partial charge in [0.25, 0.3) is 11.8 Å². The van der Waals surface area contributed by atoms with Crippen molar-refractivity contribution in [2.75, 3.05) is 74.2 Å². The lowest BCUT2D eigenvalue weighted by molar-refractivity contribution is 0.0572. The van der Waals surface area contributed by atoms with Crippen LogP contribution in [0.25, 0.3) is 11.8 Å². The number of unbranched alkanes of at least 4 members (excludes halogenated alkanes) is 2. The first-order valence-electron chi connectivity index (χ1n) is 27.4. The van der Waals surface area contributed by atoms with Gasteiger partial charge in [-0.1, -0.05) is 153 Å². The van der Waals surface area contributed by atoms with Crippen LogP contribution >= 0.6 is 35.3 Å². The summed E-state index contributed by atoms with van der Waals surface area (Å²) in [5, 5.41) is 17.3. The molecule has 1 atom stereocenters. The van der Waals surface area contributed by atoms with Gasteiger partial charge in [-0.2, -0.15) is 0 Å². The van der Waals surface area contributed by atoms with Crippen LogP contribution in [0.5, 0.6) is 11.5 Å². The molecule has 0 aromatic heterocycles. The topological polar surface area (TPSA) is 113 Å². The van der Waals surface area contributed by atoms with Crippen LogP contribution < -0.4 is 20.1 Å². The fourth-order valence-electron chi connectivity index (χ4n) is 8.73. The Morgan fingerprint density at radius 2 is 1.39 bits per heavy atom. The summed E-state index contributed by atoms with van der Waals surface area (Å²) in [5.41, 5.74) is 5.27. The van der Waals surface area contributed by atoms with E-state index in [4.69, 9.17) is 14.2 Å². The molecule has 2 aliphatic rings. The Labute approximate surface area is 492 Å². The predicted octanol–water partition coefficient (Wildman–Crippen LogP) is 15.4. The number of thioether (sulfide) groups is 2. The Kier molecular flexibility index (Phi) is 30.6. The fourth-order valence-corrected chi connectivity index (χ4v) is 11.3. The van der Waals surface area contributed by atoms with Gasteiger partial charge in [-0.3, -0.25) is 9.59 Å². The smallest absolute Gasteiger partial charge is 0.251 e. The summed E-state index contributed by atoms with van der Waals surface area (Å²) in [6, 6.07) is 27.6.